The average Bonchev–Trinajstić information content (AvgIpc) is 2.51. The van der Waals surface area contributed by atoms with E-state index >= 15 is 0 Å². The molecule has 0 aliphatic rings. The Labute approximate surface area is 82.1 Å². The van der Waals surface area contributed by atoms with Gasteiger partial charge in [0.2, 0.25) is 0 Å². The number of carbonyl (C=O) groups is 1. The highest BCUT2D eigenvalue weighted by Crippen LogP contribution is 2.05. The number of nitrogens with zero attached hydrogens (tertiary/aromatic N) is 1. The van der Waals surface area contributed by atoms with Crippen LogP contribution in [0.25, 0.3) is 0 Å². The number of hydrogen-bond donors (Lipinski definition) is 2. The van der Waals surface area contributed by atoms with Crippen LogP contribution in [0, 0.1) is 0 Å². The van der Waals surface area contributed by atoms with Crippen LogP contribution in [0.2, 0.25) is 0 Å². The van der Waals surface area contributed by atoms with Crippen LogP contribution in [0.3, 0.4) is 0 Å². The Balaban J connectivity index is 0.00000144. The standard InChI is InChI=1S/C7H11N3O2.ClH/c1-4(8)6-9-3-5(10-6)7(11)12-2;/h3-4H,8H2,1-2H3,(H,9,10);1H. The van der Waals surface area contributed by atoms with Gasteiger partial charge in [0.15, 0.2) is 0 Å². The van der Waals surface area contributed by atoms with E-state index in [0.717, 1.165) is 0 Å². The molecule has 0 fully saturated rings. The monoisotopic (exact) mass is 205 g/mol. The maximum Gasteiger partial charge on any atom is 0.356 e. The quantitative estimate of drug-likeness (QED) is 0.695. The van der Waals surface area contributed by atoms with E-state index in [2.05, 4.69) is 14.7 Å². The molecule has 0 spiro atoms. The van der Waals surface area contributed by atoms with Gasteiger partial charge < -0.3 is 15.5 Å². The molecule has 13 heavy (non-hydrogen) atoms. The van der Waals surface area contributed by atoms with Gasteiger partial charge in [0.1, 0.15) is 11.5 Å². The third kappa shape index (κ3) is 2.71. The zero-order valence-electron chi connectivity index (χ0n) is 7.40. The first-order chi connectivity index (χ1) is 5.65. The molecule has 1 unspecified atom stereocenters. The van der Waals surface area contributed by atoms with Crippen LogP contribution in [0.1, 0.15) is 29.3 Å². The Bertz CT molecular complexity index is 285. The zero-order chi connectivity index (χ0) is 9.14. The smallest absolute Gasteiger partial charge is 0.356 e. The van der Waals surface area contributed by atoms with E-state index in [0.29, 0.717) is 11.5 Å². The highest BCUT2D eigenvalue weighted by Gasteiger charge is 2.10. The van der Waals surface area contributed by atoms with Gasteiger partial charge in [0, 0.05) is 0 Å². The fourth-order valence-electron chi connectivity index (χ4n) is 0.782. The molecule has 1 rings (SSSR count). The van der Waals surface area contributed by atoms with Crippen LogP contribution >= 0.6 is 12.4 Å². The largest absolute Gasteiger partial charge is 0.464 e. The Morgan fingerprint density at radius 3 is 2.77 bits per heavy atom. The average molecular weight is 206 g/mol. The lowest BCUT2D eigenvalue weighted by Crippen LogP contribution is -2.08. The molecule has 0 bridgehead atoms. The van der Waals surface area contributed by atoms with Crippen molar-refractivity contribution < 1.29 is 9.53 Å². The highest BCUT2D eigenvalue weighted by molar-refractivity contribution is 5.86. The SMILES string of the molecule is COC(=O)c1cnc(C(C)N)[nH]1.Cl. The number of esters is 1. The van der Waals surface area contributed by atoms with Crippen molar-refractivity contribution in [1.29, 1.82) is 0 Å². The molecule has 5 nitrogen and oxygen atoms in total. The summed E-state index contributed by atoms with van der Waals surface area (Å²) in [6, 6.07) is -0.205. The molecular formula is C7H12ClN3O2. The lowest BCUT2D eigenvalue weighted by molar-refractivity contribution is 0.0594. The Morgan fingerprint density at radius 2 is 2.38 bits per heavy atom. The van der Waals surface area contributed by atoms with Gasteiger partial charge in [-0.05, 0) is 6.92 Å². The summed E-state index contributed by atoms with van der Waals surface area (Å²) >= 11 is 0. The number of aromatic nitrogens is 2. The Morgan fingerprint density at radius 1 is 1.77 bits per heavy atom. The number of imidazole rings is 1. The van der Waals surface area contributed by atoms with Crippen LogP contribution in [-0.2, 0) is 4.74 Å². The number of hydrogen-bond acceptors (Lipinski definition) is 4. The van der Waals surface area contributed by atoms with E-state index in [1.165, 1.54) is 13.3 Å². The summed E-state index contributed by atoms with van der Waals surface area (Å²) in [5.74, 6) is 0.143. The van der Waals surface area contributed by atoms with Crippen molar-refractivity contribution in [3.05, 3.63) is 17.7 Å². The normalized spacial score (nSPS) is 11.6. The molecule has 0 saturated carbocycles. The van der Waals surface area contributed by atoms with E-state index in [1.807, 2.05) is 0 Å². The molecule has 0 aliphatic carbocycles. The topological polar surface area (TPSA) is 81.0 Å². The number of rotatable bonds is 2. The molecule has 0 saturated heterocycles. The Kier molecular flexibility index (Phi) is 4.44. The summed E-state index contributed by atoms with van der Waals surface area (Å²) < 4.78 is 4.48. The molecule has 74 valence electrons. The minimum Gasteiger partial charge on any atom is -0.464 e. The maximum absolute atomic E-state index is 10.9. The number of methoxy groups -OCH3 is 1. The first-order valence-corrected chi connectivity index (χ1v) is 3.54. The van der Waals surface area contributed by atoms with Gasteiger partial charge in [-0.3, -0.25) is 0 Å². The van der Waals surface area contributed by atoms with Crippen LogP contribution in [0.5, 0.6) is 0 Å². The lowest BCUT2D eigenvalue weighted by atomic mass is 10.3. The van der Waals surface area contributed by atoms with Crippen molar-refractivity contribution >= 4 is 18.4 Å². The second-order valence-corrected chi connectivity index (χ2v) is 2.46. The number of nitrogens with two attached hydrogens (primary N) is 1. The van der Waals surface area contributed by atoms with Crippen LogP contribution in [0.15, 0.2) is 6.20 Å². The van der Waals surface area contributed by atoms with E-state index in [-0.39, 0.29) is 18.4 Å². The van der Waals surface area contributed by atoms with E-state index < -0.39 is 5.97 Å². The van der Waals surface area contributed by atoms with Crippen LogP contribution in [-0.4, -0.2) is 23.0 Å². The summed E-state index contributed by atoms with van der Waals surface area (Å²) in [4.78, 5) is 17.6. The van der Waals surface area contributed by atoms with Gasteiger partial charge in [-0.15, -0.1) is 12.4 Å². The zero-order valence-corrected chi connectivity index (χ0v) is 8.22. The number of ether oxygens (including phenoxy) is 1. The van der Waals surface area contributed by atoms with Gasteiger partial charge in [-0.2, -0.15) is 0 Å². The van der Waals surface area contributed by atoms with Gasteiger partial charge in [-0.1, -0.05) is 0 Å². The molecule has 1 heterocycles. The van der Waals surface area contributed by atoms with Gasteiger partial charge in [-0.25, -0.2) is 9.78 Å². The highest BCUT2D eigenvalue weighted by atomic mass is 35.5. The molecule has 1 aromatic rings. The second kappa shape index (κ2) is 4.84. The van der Waals surface area contributed by atoms with Crippen LogP contribution in [0.4, 0.5) is 0 Å². The van der Waals surface area contributed by atoms with Crippen LogP contribution < -0.4 is 5.73 Å². The number of carbonyl (C=O) groups excluding carboxylic acids is 1. The summed E-state index contributed by atoms with van der Waals surface area (Å²) in [5.41, 5.74) is 5.85. The lowest BCUT2D eigenvalue weighted by Gasteiger charge is -1.97. The molecule has 1 aromatic heterocycles. The van der Waals surface area contributed by atoms with Gasteiger partial charge >= 0.3 is 5.97 Å². The van der Waals surface area contributed by atoms with Gasteiger partial charge in [0.05, 0.1) is 19.3 Å². The molecule has 0 radical (unpaired) electrons. The van der Waals surface area contributed by atoms with E-state index in [1.54, 1.807) is 6.92 Å². The van der Waals surface area contributed by atoms with Gasteiger partial charge in [0.25, 0.3) is 0 Å². The molecule has 0 amide bonds. The first kappa shape index (κ1) is 11.9. The maximum atomic E-state index is 10.9. The molecule has 3 N–H and O–H groups in total. The summed E-state index contributed by atoms with van der Waals surface area (Å²) in [7, 11) is 1.31. The third-order valence-electron chi connectivity index (χ3n) is 1.43. The number of aromatic amines is 1. The van der Waals surface area contributed by atoms with Crippen molar-refractivity contribution in [2.45, 2.75) is 13.0 Å². The number of H-pyrrole nitrogens is 1. The van der Waals surface area contributed by atoms with E-state index in [9.17, 15) is 4.79 Å². The fourth-order valence-corrected chi connectivity index (χ4v) is 0.782. The summed E-state index contributed by atoms with van der Waals surface area (Å²) in [6.45, 7) is 1.78. The minimum atomic E-state index is -0.436. The summed E-state index contributed by atoms with van der Waals surface area (Å²) in [5, 5.41) is 0. The predicted octanol–water partition coefficient (Wildman–Crippen LogP) is 0.638. The molecule has 6 heteroatoms. The van der Waals surface area contributed by atoms with Crippen molar-refractivity contribution in [1.82, 2.24) is 9.97 Å². The number of nitrogens with one attached hydrogen (secondary N) is 1. The van der Waals surface area contributed by atoms with Crippen molar-refractivity contribution in [2.75, 3.05) is 7.11 Å². The predicted molar refractivity (Wildman–Crippen MR) is 49.8 cm³/mol. The van der Waals surface area contributed by atoms with Crippen molar-refractivity contribution in [2.24, 2.45) is 5.73 Å². The molecule has 1 atom stereocenters. The molecule has 0 aliphatic heterocycles. The minimum absolute atomic E-state index is 0. The molecule has 0 aromatic carbocycles. The Hall–Kier alpha value is -1.07. The van der Waals surface area contributed by atoms with E-state index in [4.69, 9.17) is 5.73 Å². The summed E-state index contributed by atoms with van der Waals surface area (Å²) in [6.07, 6.45) is 1.41. The third-order valence-corrected chi connectivity index (χ3v) is 1.43. The fraction of sp³-hybridized carbons (Fsp3) is 0.429. The van der Waals surface area contributed by atoms with Crippen molar-refractivity contribution in [3.8, 4) is 0 Å². The first-order valence-electron chi connectivity index (χ1n) is 3.54. The number of halogens is 1. The second-order valence-electron chi connectivity index (χ2n) is 2.46. The van der Waals surface area contributed by atoms with Crippen molar-refractivity contribution in [3.63, 3.8) is 0 Å². The molecular weight excluding hydrogens is 194 g/mol.